The Balaban J connectivity index is 2.02. The van der Waals surface area contributed by atoms with Crippen LogP contribution in [-0.2, 0) is 16.1 Å². The van der Waals surface area contributed by atoms with E-state index in [1.165, 1.54) is 6.42 Å². The van der Waals surface area contributed by atoms with Gasteiger partial charge in [0.25, 0.3) is 0 Å². The lowest BCUT2D eigenvalue weighted by Gasteiger charge is -2.27. The fraction of sp³-hybridized carbons (Fsp3) is 0.640. The Morgan fingerprint density at radius 1 is 1.06 bits per heavy atom. The van der Waals surface area contributed by atoms with Crippen LogP contribution in [0, 0.1) is 19.8 Å². The van der Waals surface area contributed by atoms with Gasteiger partial charge in [-0.2, -0.15) is 0 Å². The van der Waals surface area contributed by atoms with Gasteiger partial charge < -0.3 is 26.8 Å². The molecule has 1 aliphatic carbocycles. The van der Waals surface area contributed by atoms with Crippen molar-refractivity contribution in [3.8, 4) is 0 Å². The number of carbonyl (C=O) groups excluding carboxylic acids is 2. The topological polar surface area (TPSA) is 134 Å². The molecular weight excluding hydrogens is 420 g/mol. The molecule has 0 radical (unpaired) electrons. The minimum Gasteiger partial charge on any atom is -0.480 e. The van der Waals surface area contributed by atoms with E-state index in [-0.39, 0.29) is 5.91 Å². The van der Waals surface area contributed by atoms with Gasteiger partial charge in [0.15, 0.2) is 0 Å². The molecule has 0 spiro atoms. The van der Waals surface area contributed by atoms with Crippen molar-refractivity contribution in [1.29, 1.82) is 0 Å². The Morgan fingerprint density at radius 2 is 1.76 bits per heavy atom. The molecule has 2 rings (SSSR count). The number of benzene rings is 1. The molecule has 0 aromatic heterocycles. The van der Waals surface area contributed by atoms with Gasteiger partial charge in [-0.3, -0.25) is 4.79 Å². The third kappa shape index (κ3) is 9.04. The second kappa shape index (κ2) is 13.8. The van der Waals surface area contributed by atoms with Crippen molar-refractivity contribution in [2.24, 2.45) is 11.7 Å². The van der Waals surface area contributed by atoms with Crippen molar-refractivity contribution in [2.45, 2.75) is 90.3 Å². The number of unbranched alkanes of at least 4 members (excludes halogenated alkanes) is 1. The van der Waals surface area contributed by atoms with Gasteiger partial charge in [-0.25, -0.2) is 9.59 Å². The molecule has 184 valence electrons. The molecule has 0 unspecified atom stereocenters. The summed E-state index contributed by atoms with van der Waals surface area (Å²) >= 11 is 0. The number of amides is 3. The zero-order chi connectivity index (χ0) is 24.2. The van der Waals surface area contributed by atoms with Gasteiger partial charge in [0.1, 0.15) is 12.1 Å². The van der Waals surface area contributed by atoms with E-state index in [4.69, 9.17) is 5.73 Å². The molecule has 8 nitrogen and oxygen atoms in total. The van der Waals surface area contributed by atoms with E-state index in [9.17, 15) is 19.5 Å². The molecule has 1 aliphatic rings. The number of hydrogen-bond donors (Lipinski definition) is 5. The number of carbonyl (C=O) groups is 3. The van der Waals surface area contributed by atoms with E-state index in [1.54, 1.807) is 0 Å². The van der Waals surface area contributed by atoms with Crippen LogP contribution >= 0.6 is 0 Å². The van der Waals surface area contributed by atoms with Gasteiger partial charge in [-0.15, -0.1) is 0 Å². The summed E-state index contributed by atoms with van der Waals surface area (Å²) in [5, 5.41) is 17.7. The highest BCUT2D eigenvalue weighted by Crippen LogP contribution is 2.27. The van der Waals surface area contributed by atoms with E-state index in [1.807, 2.05) is 32.0 Å². The number of hydrogen-bond acceptors (Lipinski definition) is 4. The zero-order valence-electron chi connectivity index (χ0n) is 20.0. The standard InChI is InChI=1S/C25H40N4O4/c1-17-9-8-12-20(18(17)2)16-27-23(30)22(15-19-10-4-3-5-11-19)29-25(33)28-21(24(31)32)13-6-7-14-26/h8-9,12,19,21-22H,3-7,10-11,13-16,26H2,1-2H3,(H,27,30)(H,31,32)(H2,28,29,33)/t21-,22+/m0/s1. The molecule has 0 heterocycles. The molecule has 1 saturated carbocycles. The summed E-state index contributed by atoms with van der Waals surface area (Å²) in [5.41, 5.74) is 8.81. The van der Waals surface area contributed by atoms with E-state index < -0.39 is 24.1 Å². The number of rotatable bonds is 12. The molecular formula is C25H40N4O4. The van der Waals surface area contributed by atoms with Crippen LogP contribution in [0.25, 0.3) is 0 Å². The summed E-state index contributed by atoms with van der Waals surface area (Å²) in [6.45, 7) is 4.92. The highest BCUT2D eigenvalue weighted by atomic mass is 16.4. The predicted octanol–water partition coefficient (Wildman–Crippen LogP) is 3.14. The van der Waals surface area contributed by atoms with Crippen LogP contribution in [0.4, 0.5) is 4.79 Å². The van der Waals surface area contributed by atoms with Crippen LogP contribution in [-0.4, -0.2) is 41.6 Å². The monoisotopic (exact) mass is 460 g/mol. The van der Waals surface area contributed by atoms with Crippen LogP contribution in [0.3, 0.4) is 0 Å². The fourth-order valence-corrected chi connectivity index (χ4v) is 4.40. The largest absolute Gasteiger partial charge is 0.480 e. The number of carboxylic acid groups (broad SMARTS) is 1. The van der Waals surface area contributed by atoms with Crippen molar-refractivity contribution >= 4 is 17.9 Å². The molecule has 0 saturated heterocycles. The van der Waals surface area contributed by atoms with Gasteiger partial charge in [0.05, 0.1) is 0 Å². The normalized spacial score (nSPS) is 16.0. The van der Waals surface area contributed by atoms with Crippen molar-refractivity contribution in [3.05, 3.63) is 34.9 Å². The van der Waals surface area contributed by atoms with Crippen molar-refractivity contribution < 1.29 is 19.5 Å². The first kappa shape index (κ1) is 26.6. The van der Waals surface area contributed by atoms with Crippen molar-refractivity contribution in [2.75, 3.05) is 6.54 Å². The van der Waals surface area contributed by atoms with Crippen LogP contribution in [0.15, 0.2) is 18.2 Å². The van der Waals surface area contributed by atoms with Gasteiger partial charge in [0, 0.05) is 6.54 Å². The predicted molar refractivity (Wildman–Crippen MR) is 129 cm³/mol. The second-order valence-electron chi connectivity index (χ2n) is 9.16. The van der Waals surface area contributed by atoms with E-state index >= 15 is 0 Å². The molecule has 1 fully saturated rings. The summed E-state index contributed by atoms with van der Waals surface area (Å²) in [5.74, 6) is -0.965. The van der Waals surface area contributed by atoms with Crippen LogP contribution in [0.1, 0.15) is 74.5 Å². The number of aryl methyl sites for hydroxylation is 1. The number of urea groups is 1. The third-order valence-corrected chi connectivity index (χ3v) is 6.64. The molecule has 1 aromatic carbocycles. The van der Waals surface area contributed by atoms with Gasteiger partial charge in [-0.05, 0) is 68.7 Å². The first-order chi connectivity index (χ1) is 15.8. The molecule has 0 aliphatic heterocycles. The van der Waals surface area contributed by atoms with Crippen molar-refractivity contribution in [3.63, 3.8) is 0 Å². The Kier molecular flexibility index (Phi) is 11.2. The maximum atomic E-state index is 13.1. The summed E-state index contributed by atoms with van der Waals surface area (Å²) in [6.07, 6.45) is 7.71. The minimum absolute atomic E-state index is 0.244. The average Bonchev–Trinajstić information content (AvgIpc) is 2.79. The number of nitrogens with two attached hydrogens (primary N) is 1. The van der Waals surface area contributed by atoms with E-state index in [0.717, 1.165) is 42.4 Å². The van der Waals surface area contributed by atoms with Gasteiger partial charge in [0.2, 0.25) is 5.91 Å². The maximum absolute atomic E-state index is 13.1. The van der Waals surface area contributed by atoms with E-state index in [2.05, 4.69) is 16.0 Å². The first-order valence-electron chi connectivity index (χ1n) is 12.1. The average molecular weight is 461 g/mol. The Labute approximate surface area is 197 Å². The lowest BCUT2D eigenvalue weighted by atomic mass is 9.84. The Morgan fingerprint density at radius 3 is 2.42 bits per heavy atom. The van der Waals surface area contributed by atoms with Crippen molar-refractivity contribution in [1.82, 2.24) is 16.0 Å². The molecule has 6 N–H and O–H groups in total. The first-order valence-corrected chi connectivity index (χ1v) is 12.1. The fourth-order valence-electron chi connectivity index (χ4n) is 4.40. The molecule has 3 amide bonds. The van der Waals surface area contributed by atoms with Crippen LogP contribution in [0.5, 0.6) is 0 Å². The summed E-state index contributed by atoms with van der Waals surface area (Å²) in [6, 6.07) is 3.63. The Hall–Kier alpha value is -2.61. The smallest absolute Gasteiger partial charge is 0.326 e. The number of carboxylic acids is 1. The number of nitrogens with one attached hydrogen (secondary N) is 3. The quantitative estimate of drug-likeness (QED) is 0.306. The molecule has 0 bridgehead atoms. The zero-order valence-corrected chi connectivity index (χ0v) is 20.0. The molecule has 33 heavy (non-hydrogen) atoms. The summed E-state index contributed by atoms with van der Waals surface area (Å²) in [7, 11) is 0. The van der Waals surface area contributed by atoms with Crippen LogP contribution in [0.2, 0.25) is 0 Å². The van der Waals surface area contributed by atoms with Gasteiger partial charge in [-0.1, -0.05) is 50.3 Å². The SMILES string of the molecule is Cc1cccc(CNC(=O)[C@@H](CC2CCCCC2)NC(=O)N[C@@H](CCCCN)C(=O)O)c1C. The molecule has 2 atom stereocenters. The summed E-state index contributed by atoms with van der Waals surface area (Å²) < 4.78 is 0. The minimum atomic E-state index is -1.09. The van der Waals surface area contributed by atoms with Crippen LogP contribution < -0.4 is 21.7 Å². The second-order valence-corrected chi connectivity index (χ2v) is 9.16. The highest BCUT2D eigenvalue weighted by molar-refractivity contribution is 5.88. The lowest BCUT2D eigenvalue weighted by molar-refractivity contribution is -0.139. The highest BCUT2D eigenvalue weighted by Gasteiger charge is 2.27. The van der Waals surface area contributed by atoms with Gasteiger partial charge >= 0.3 is 12.0 Å². The Bertz CT molecular complexity index is 793. The molecule has 8 heteroatoms. The third-order valence-electron chi connectivity index (χ3n) is 6.64. The summed E-state index contributed by atoms with van der Waals surface area (Å²) in [4.78, 5) is 37.2. The maximum Gasteiger partial charge on any atom is 0.326 e. The van der Waals surface area contributed by atoms with E-state index in [0.29, 0.717) is 44.7 Å². The lowest BCUT2D eigenvalue weighted by Crippen LogP contribution is -2.53. The molecule has 1 aromatic rings. The number of aliphatic carboxylic acids is 1.